The third-order valence-electron chi connectivity index (χ3n) is 4.79. The number of halogens is 1. The molecule has 0 spiro atoms. The minimum atomic E-state index is -2.52. The molecule has 0 saturated carbocycles. The molecule has 1 aliphatic rings. The molecule has 3 rings (SSSR count). The van der Waals surface area contributed by atoms with Crippen LogP contribution in [0.15, 0.2) is 29.3 Å². The summed E-state index contributed by atoms with van der Waals surface area (Å²) >= 11 is 3.76. The second-order valence-corrected chi connectivity index (χ2v) is 8.24. The Morgan fingerprint density at radius 3 is 2.83 bits per heavy atom. The second-order valence-electron chi connectivity index (χ2n) is 6.92. The lowest BCUT2D eigenvalue weighted by Gasteiger charge is -2.23. The van der Waals surface area contributed by atoms with Crippen molar-refractivity contribution in [3.63, 3.8) is 0 Å². The molecule has 1 saturated heterocycles. The Morgan fingerprint density at radius 2 is 2.17 bits per heavy atom. The highest BCUT2D eigenvalue weighted by molar-refractivity contribution is 7.79. The molecule has 0 radical (unpaired) electrons. The number of carbonyl (C=O) groups is 1. The summed E-state index contributed by atoms with van der Waals surface area (Å²) in [7, 11) is 0. The first-order chi connectivity index (χ1) is 14.3. The average molecular weight is 454 g/mol. The molecule has 0 bridgehead atoms. The molecule has 2 heterocycles. The van der Waals surface area contributed by atoms with Crippen molar-refractivity contribution < 1.29 is 23.4 Å². The van der Waals surface area contributed by atoms with Crippen LogP contribution in [0.2, 0.25) is 5.02 Å². The summed E-state index contributed by atoms with van der Waals surface area (Å²) < 4.78 is 28.9. The topological polar surface area (TPSA) is 136 Å². The Balaban J connectivity index is 1.85. The summed E-state index contributed by atoms with van der Waals surface area (Å²) in [6, 6.07) is 4.17. The molecule has 3 N–H and O–H groups in total. The van der Waals surface area contributed by atoms with Crippen LogP contribution < -0.4 is 10.6 Å². The number of anilines is 1. The van der Waals surface area contributed by atoms with Gasteiger partial charge in [0.15, 0.2) is 0 Å². The zero-order valence-electron chi connectivity index (χ0n) is 16.3. The van der Waals surface area contributed by atoms with E-state index in [9.17, 15) is 13.6 Å². The van der Waals surface area contributed by atoms with Gasteiger partial charge in [-0.25, -0.2) is 9.97 Å². The summed E-state index contributed by atoms with van der Waals surface area (Å²) in [6.45, 7) is 2.92. The average Bonchev–Trinajstić information content (AvgIpc) is 2.74. The van der Waals surface area contributed by atoms with E-state index < -0.39 is 23.1 Å². The fourth-order valence-electron chi connectivity index (χ4n) is 3.02. The van der Waals surface area contributed by atoms with Gasteiger partial charge < -0.3 is 25.0 Å². The first-order valence-electron chi connectivity index (χ1n) is 9.40. The van der Waals surface area contributed by atoms with Gasteiger partial charge in [0.1, 0.15) is 6.04 Å². The van der Waals surface area contributed by atoms with Crippen LogP contribution in [0, 0.1) is 0 Å². The zero-order valence-corrected chi connectivity index (χ0v) is 17.8. The van der Waals surface area contributed by atoms with Gasteiger partial charge in [-0.1, -0.05) is 23.7 Å². The molecule has 0 amide bonds. The van der Waals surface area contributed by atoms with Gasteiger partial charge in [-0.2, -0.15) is 0 Å². The maximum Gasteiger partial charge on any atom is 0.320 e. The maximum atomic E-state index is 11.8. The standard InChI is InChI=1S/C19H23ClN4O5S/c1-11(18(25)26)21-9-13-3-2-12(8-16(13)30(27)28)17-15(20)10-22-19(24-17)23-14-4-6-29-7-5-14/h2-3,8,10-11,14,21H,4-7,9H2,1H3,(H,25,26)(H,27,28)(H,22,23,24)/p-1/t11-/m1/s1. The van der Waals surface area contributed by atoms with Crippen LogP contribution in [0.1, 0.15) is 25.3 Å². The van der Waals surface area contributed by atoms with Crippen LogP contribution in [0.5, 0.6) is 0 Å². The van der Waals surface area contributed by atoms with E-state index in [-0.39, 0.29) is 17.5 Å². The van der Waals surface area contributed by atoms with Gasteiger partial charge in [-0.05, 0) is 42.5 Å². The molecule has 30 heavy (non-hydrogen) atoms. The van der Waals surface area contributed by atoms with E-state index in [4.69, 9.17) is 21.4 Å². The van der Waals surface area contributed by atoms with Gasteiger partial charge in [0.2, 0.25) is 5.95 Å². The van der Waals surface area contributed by atoms with Crippen LogP contribution >= 0.6 is 11.6 Å². The lowest BCUT2D eigenvalue weighted by Crippen LogP contribution is -2.33. The summed E-state index contributed by atoms with van der Waals surface area (Å²) in [5.41, 5.74) is 1.38. The first kappa shape index (κ1) is 22.6. The molecule has 1 unspecified atom stereocenters. The van der Waals surface area contributed by atoms with Gasteiger partial charge in [0.05, 0.1) is 16.9 Å². The number of benzene rings is 1. The molecule has 1 aromatic carbocycles. The van der Waals surface area contributed by atoms with E-state index >= 15 is 0 Å². The predicted octanol–water partition coefficient (Wildman–Crippen LogP) is 2.19. The maximum absolute atomic E-state index is 11.8. The van der Waals surface area contributed by atoms with Gasteiger partial charge >= 0.3 is 5.97 Å². The van der Waals surface area contributed by atoms with Crippen molar-refractivity contribution in [2.24, 2.45) is 0 Å². The predicted molar refractivity (Wildman–Crippen MR) is 111 cm³/mol. The van der Waals surface area contributed by atoms with Crippen LogP contribution in [-0.4, -0.2) is 55.1 Å². The molecule has 162 valence electrons. The SMILES string of the molecule is C[C@@H](NCc1ccc(-c2nc(NC3CCOCC3)ncc2Cl)cc1S(=O)[O-])C(=O)O. The van der Waals surface area contributed by atoms with Crippen LogP contribution in [-0.2, 0) is 27.2 Å². The van der Waals surface area contributed by atoms with Gasteiger partial charge in [0, 0.05) is 36.3 Å². The van der Waals surface area contributed by atoms with Crippen molar-refractivity contribution in [3.05, 3.63) is 35.0 Å². The number of ether oxygens (including phenoxy) is 1. The van der Waals surface area contributed by atoms with Crippen LogP contribution in [0.3, 0.4) is 0 Å². The van der Waals surface area contributed by atoms with Crippen molar-refractivity contribution in [3.8, 4) is 11.3 Å². The van der Waals surface area contributed by atoms with Crippen molar-refractivity contribution in [2.75, 3.05) is 18.5 Å². The quantitative estimate of drug-likeness (QED) is 0.513. The molecule has 2 aromatic rings. The number of carboxylic acids is 1. The minimum absolute atomic E-state index is 0.0474. The number of nitrogens with one attached hydrogen (secondary N) is 2. The molecule has 11 heteroatoms. The lowest BCUT2D eigenvalue weighted by molar-refractivity contribution is -0.139. The van der Waals surface area contributed by atoms with Crippen LogP contribution in [0.4, 0.5) is 5.95 Å². The molecular formula is C19H22ClN4O5S-. The molecular weight excluding hydrogens is 432 g/mol. The van der Waals surface area contributed by atoms with E-state index in [1.54, 1.807) is 12.1 Å². The van der Waals surface area contributed by atoms with Crippen molar-refractivity contribution in [1.82, 2.24) is 15.3 Å². The van der Waals surface area contributed by atoms with Gasteiger partial charge in [-0.3, -0.25) is 9.00 Å². The highest BCUT2D eigenvalue weighted by Crippen LogP contribution is 2.29. The minimum Gasteiger partial charge on any atom is -0.768 e. The highest BCUT2D eigenvalue weighted by Gasteiger charge is 2.17. The Kier molecular flexibility index (Phi) is 7.73. The Bertz CT molecular complexity index is 939. The number of carboxylic acid groups (broad SMARTS) is 1. The molecule has 0 aliphatic carbocycles. The lowest BCUT2D eigenvalue weighted by atomic mass is 10.1. The van der Waals surface area contributed by atoms with E-state index in [1.807, 2.05) is 0 Å². The van der Waals surface area contributed by atoms with Gasteiger partial charge in [-0.15, -0.1) is 0 Å². The molecule has 2 atom stereocenters. The number of nitrogens with zero attached hydrogens (tertiary/aromatic N) is 2. The van der Waals surface area contributed by atoms with Crippen molar-refractivity contribution >= 4 is 34.6 Å². The zero-order chi connectivity index (χ0) is 21.7. The first-order valence-corrected chi connectivity index (χ1v) is 10.9. The summed E-state index contributed by atoms with van der Waals surface area (Å²) in [5, 5.41) is 15.3. The number of aromatic nitrogens is 2. The van der Waals surface area contributed by atoms with Crippen LogP contribution in [0.25, 0.3) is 11.3 Å². The van der Waals surface area contributed by atoms with E-state index in [1.165, 1.54) is 19.2 Å². The Labute approximate surface area is 181 Å². The van der Waals surface area contributed by atoms with Crippen molar-refractivity contribution in [1.29, 1.82) is 0 Å². The monoisotopic (exact) mass is 453 g/mol. The van der Waals surface area contributed by atoms with E-state index in [0.717, 1.165) is 12.8 Å². The summed E-state index contributed by atoms with van der Waals surface area (Å²) in [5.74, 6) is -0.610. The summed E-state index contributed by atoms with van der Waals surface area (Å²) in [6.07, 6.45) is 3.16. The second kappa shape index (κ2) is 10.3. The largest absolute Gasteiger partial charge is 0.768 e. The third kappa shape index (κ3) is 5.73. The number of rotatable bonds is 8. The Morgan fingerprint density at radius 1 is 1.43 bits per heavy atom. The van der Waals surface area contributed by atoms with E-state index in [2.05, 4.69) is 20.6 Å². The number of aliphatic carboxylic acids is 1. The third-order valence-corrected chi connectivity index (χ3v) is 5.80. The fourth-order valence-corrected chi connectivity index (χ4v) is 3.79. The molecule has 1 fully saturated rings. The summed E-state index contributed by atoms with van der Waals surface area (Å²) in [4.78, 5) is 19.7. The highest BCUT2D eigenvalue weighted by atomic mass is 35.5. The molecule has 1 aliphatic heterocycles. The molecule has 1 aromatic heterocycles. The normalized spacial score (nSPS) is 16.8. The number of hydrogen-bond acceptors (Lipinski definition) is 8. The van der Waals surface area contributed by atoms with E-state index in [0.29, 0.717) is 41.0 Å². The number of hydrogen-bond donors (Lipinski definition) is 3. The van der Waals surface area contributed by atoms with Crippen molar-refractivity contribution in [2.45, 2.75) is 43.3 Å². The fraction of sp³-hybridized carbons (Fsp3) is 0.421. The van der Waals surface area contributed by atoms with Gasteiger partial charge in [0.25, 0.3) is 0 Å². The smallest absolute Gasteiger partial charge is 0.320 e. The molecule has 9 nitrogen and oxygen atoms in total. The Hall–Kier alpha value is -2.11.